The molecule has 4 heteroatoms. The first-order valence-corrected chi connectivity index (χ1v) is 8.20. The maximum atomic E-state index is 11.9. The van der Waals surface area contributed by atoms with Crippen LogP contribution in [0.4, 0.5) is 10.5 Å². The summed E-state index contributed by atoms with van der Waals surface area (Å²) in [7, 11) is 0. The second-order valence-electron chi connectivity index (χ2n) is 6.19. The van der Waals surface area contributed by atoms with Crippen LogP contribution in [0.25, 0.3) is 0 Å². The number of benzene rings is 1. The Balaban J connectivity index is 1.39. The summed E-state index contributed by atoms with van der Waals surface area (Å²) in [6, 6.07) is 8.83. The van der Waals surface area contributed by atoms with Crippen molar-refractivity contribution in [2.24, 2.45) is 0 Å². The first-order valence-electron chi connectivity index (χ1n) is 8.20. The number of rotatable bonds is 4. The second-order valence-corrected chi connectivity index (χ2v) is 6.19. The first-order chi connectivity index (χ1) is 10.3. The Labute approximate surface area is 126 Å². The number of fused-ring (bicyclic) bond motifs is 1. The van der Waals surface area contributed by atoms with E-state index in [2.05, 4.69) is 40.2 Å². The number of carbonyl (C=O) groups excluding carboxylic acids is 1. The summed E-state index contributed by atoms with van der Waals surface area (Å²) in [5.74, 6) is 0.510. The van der Waals surface area contributed by atoms with Crippen LogP contribution >= 0.6 is 0 Å². The van der Waals surface area contributed by atoms with E-state index in [1.807, 2.05) is 0 Å². The number of amides is 2. The van der Waals surface area contributed by atoms with E-state index in [0.717, 1.165) is 32.4 Å². The highest BCUT2D eigenvalue weighted by molar-refractivity contribution is 5.74. The van der Waals surface area contributed by atoms with E-state index in [0.29, 0.717) is 12.0 Å². The highest BCUT2D eigenvalue weighted by Crippen LogP contribution is 2.32. The third kappa shape index (κ3) is 3.69. The number of anilines is 1. The Hall–Kier alpha value is -1.71. The summed E-state index contributed by atoms with van der Waals surface area (Å²) in [6.07, 6.45) is 7.06. The average molecular weight is 287 g/mol. The van der Waals surface area contributed by atoms with Gasteiger partial charge in [0.05, 0.1) is 0 Å². The van der Waals surface area contributed by atoms with Gasteiger partial charge in [0, 0.05) is 30.7 Å². The zero-order valence-electron chi connectivity index (χ0n) is 12.5. The van der Waals surface area contributed by atoms with Gasteiger partial charge < -0.3 is 16.0 Å². The van der Waals surface area contributed by atoms with E-state index in [1.54, 1.807) is 0 Å². The predicted octanol–water partition coefficient (Wildman–Crippen LogP) is 3.22. The Morgan fingerprint density at radius 2 is 2.00 bits per heavy atom. The van der Waals surface area contributed by atoms with E-state index in [4.69, 9.17) is 0 Å². The van der Waals surface area contributed by atoms with Gasteiger partial charge in [-0.1, -0.05) is 37.5 Å². The highest BCUT2D eigenvalue weighted by Gasteiger charge is 2.21. The minimum Gasteiger partial charge on any atom is -0.384 e. The van der Waals surface area contributed by atoms with Crippen LogP contribution in [0.3, 0.4) is 0 Å². The first kappa shape index (κ1) is 14.2. The van der Waals surface area contributed by atoms with E-state index >= 15 is 0 Å². The topological polar surface area (TPSA) is 53.2 Å². The molecule has 1 aromatic carbocycles. The molecule has 1 heterocycles. The van der Waals surface area contributed by atoms with Crippen molar-refractivity contribution in [3.8, 4) is 0 Å². The third-order valence-corrected chi connectivity index (χ3v) is 4.66. The number of urea groups is 1. The van der Waals surface area contributed by atoms with Gasteiger partial charge >= 0.3 is 6.03 Å². The zero-order chi connectivity index (χ0) is 14.5. The quantitative estimate of drug-likeness (QED) is 0.796. The molecule has 1 aliphatic heterocycles. The summed E-state index contributed by atoms with van der Waals surface area (Å²) >= 11 is 0. The largest absolute Gasteiger partial charge is 0.384 e. The minimum atomic E-state index is 0.00106. The fourth-order valence-corrected chi connectivity index (χ4v) is 3.46. The van der Waals surface area contributed by atoms with Gasteiger partial charge in [-0.3, -0.25) is 0 Å². The Bertz CT molecular complexity index is 483. The van der Waals surface area contributed by atoms with E-state index < -0.39 is 0 Å². The van der Waals surface area contributed by atoms with Crippen LogP contribution < -0.4 is 16.0 Å². The molecule has 1 saturated carbocycles. The number of carbonyl (C=O) groups is 1. The third-order valence-electron chi connectivity index (χ3n) is 4.66. The molecule has 0 aromatic heterocycles. The molecule has 3 rings (SSSR count). The number of hydrogen-bond donors (Lipinski definition) is 3. The maximum absolute atomic E-state index is 11.9. The van der Waals surface area contributed by atoms with Crippen molar-refractivity contribution in [1.29, 1.82) is 0 Å². The lowest BCUT2D eigenvalue weighted by Crippen LogP contribution is -2.43. The van der Waals surface area contributed by atoms with Crippen LogP contribution in [-0.4, -0.2) is 25.2 Å². The minimum absolute atomic E-state index is 0.00106. The summed E-state index contributed by atoms with van der Waals surface area (Å²) in [5, 5.41) is 9.53. The Morgan fingerprint density at radius 3 is 2.86 bits per heavy atom. The number of hydrogen-bond acceptors (Lipinski definition) is 2. The molecule has 0 spiro atoms. The summed E-state index contributed by atoms with van der Waals surface area (Å²) in [5.41, 5.74) is 2.63. The molecular weight excluding hydrogens is 262 g/mol. The van der Waals surface area contributed by atoms with Gasteiger partial charge in [-0.15, -0.1) is 0 Å². The second kappa shape index (κ2) is 6.83. The fraction of sp³-hybridized carbons (Fsp3) is 0.588. The normalized spacial score (nSPS) is 21.4. The molecule has 1 aliphatic carbocycles. The van der Waals surface area contributed by atoms with Crippen molar-refractivity contribution in [3.63, 3.8) is 0 Å². The lowest BCUT2D eigenvalue weighted by molar-refractivity contribution is 0.232. The summed E-state index contributed by atoms with van der Waals surface area (Å²) in [6.45, 7) is 1.71. The summed E-state index contributed by atoms with van der Waals surface area (Å²) < 4.78 is 0. The van der Waals surface area contributed by atoms with Gasteiger partial charge in [0.15, 0.2) is 0 Å². The SMILES string of the molecule is O=C(NCCC1CNc2ccccc21)NC1CCCCC1. The summed E-state index contributed by atoms with van der Waals surface area (Å²) in [4.78, 5) is 11.9. The molecule has 0 radical (unpaired) electrons. The monoisotopic (exact) mass is 287 g/mol. The smallest absolute Gasteiger partial charge is 0.315 e. The van der Waals surface area contributed by atoms with Crippen molar-refractivity contribution >= 4 is 11.7 Å². The zero-order valence-corrected chi connectivity index (χ0v) is 12.5. The van der Waals surface area contributed by atoms with E-state index in [-0.39, 0.29) is 6.03 Å². The molecule has 3 N–H and O–H groups in total. The van der Waals surface area contributed by atoms with Crippen LogP contribution in [0.5, 0.6) is 0 Å². The maximum Gasteiger partial charge on any atom is 0.315 e. The van der Waals surface area contributed by atoms with Gasteiger partial charge in [-0.25, -0.2) is 4.79 Å². The average Bonchev–Trinajstić information content (AvgIpc) is 2.92. The molecule has 2 aliphatic rings. The van der Waals surface area contributed by atoms with Gasteiger partial charge in [0.1, 0.15) is 0 Å². The Morgan fingerprint density at radius 1 is 1.19 bits per heavy atom. The van der Waals surface area contributed by atoms with Crippen molar-refractivity contribution in [1.82, 2.24) is 10.6 Å². The molecular formula is C17H25N3O. The molecule has 0 bridgehead atoms. The van der Waals surface area contributed by atoms with Crippen molar-refractivity contribution < 1.29 is 4.79 Å². The standard InChI is InChI=1S/C17H25N3O/c21-17(20-14-6-2-1-3-7-14)18-11-10-13-12-19-16-9-5-4-8-15(13)16/h4-5,8-9,13-14,19H,1-3,6-7,10-12H2,(H2,18,20,21). The van der Waals surface area contributed by atoms with Gasteiger partial charge in [0.2, 0.25) is 0 Å². The van der Waals surface area contributed by atoms with Gasteiger partial charge in [0.25, 0.3) is 0 Å². The van der Waals surface area contributed by atoms with Crippen molar-refractivity contribution in [2.45, 2.75) is 50.5 Å². The van der Waals surface area contributed by atoms with Crippen LogP contribution in [-0.2, 0) is 0 Å². The fourth-order valence-electron chi connectivity index (χ4n) is 3.46. The highest BCUT2D eigenvalue weighted by atomic mass is 16.2. The van der Waals surface area contributed by atoms with Crippen molar-refractivity contribution in [3.05, 3.63) is 29.8 Å². The van der Waals surface area contributed by atoms with Crippen LogP contribution in [0.1, 0.15) is 50.0 Å². The molecule has 114 valence electrons. The van der Waals surface area contributed by atoms with Gasteiger partial charge in [-0.2, -0.15) is 0 Å². The molecule has 1 unspecified atom stereocenters. The lowest BCUT2D eigenvalue weighted by Gasteiger charge is -2.23. The number of nitrogens with one attached hydrogen (secondary N) is 3. The van der Waals surface area contributed by atoms with Crippen molar-refractivity contribution in [2.75, 3.05) is 18.4 Å². The molecule has 4 nitrogen and oxygen atoms in total. The molecule has 1 aromatic rings. The number of para-hydroxylation sites is 1. The van der Waals surface area contributed by atoms with Crippen LogP contribution in [0, 0.1) is 0 Å². The van der Waals surface area contributed by atoms with Gasteiger partial charge in [-0.05, 0) is 30.9 Å². The van der Waals surface area contributed by atoms with E-state index in [1.165, 1.54) is 30.5 Å². The van der Waals surface area contributed by atoms with Crippen LogP contribution in [0.2, 0.25) is 0 Å². The molecule has 0 saturated heterocycles. The predicted molar refractivity (Wildman–Crippen MR) is 85.7 cm³/mol. The molecule has 2 amide bonds. The molecule has 1 fully saturated rings. The Kier molecular flexibility index (Phi) is 4.63. The lowest BCUT2D eigenvalue weighted by atomic mass is 9.96. The van der Waals surface area contributed by atoms with E-state index in [9.17, 15) is 4.79 Å². The van der Waals surface area contributed by atoms with Crippen LogP contribution in [0.15, 0.2) is 24.3 Å². The molecule has 21 heavy (non-hydrogen) atoms. The molecule has 1 atom stereocenters.